The van der Waals surface area contributed by atoms with Crippen molar-refractivity contribution in [3.8, 4) is 0 Å². The summed E-state index contributed by atoms with van der Waals surface area (Å²) in [5, 5.41) is 25.3. The van der Waals surface area contributed by atoms with Gasteiger partial charge in [-0.25, -0.2) is 0 Å². The van der Waals surface area contributed by atoms with E-state index in [4.69, 9.17) is 0 Å². The van der Waals surface area contributed by atoms with Gasteiger partial charge in [-0.2, -0.15) is 5.10 Å². The molecular formula is C24H29N3O2. The van der Waals surface area contributed by atoms with Gasteiger partial charge in [0.25, 0.3) is 0 Å². The number of benzene rings is 2. The van der Waals surface area contributed by atoms with Gasteiger partial charge in [-0.05, 0) is 35.6 Å². The average Bonchev–Trinajstić information content (AvgIpc) is 3.24. The normalized spacial score (nSPS) is 22.6. The Morgan fingerprint density at radius 1 is 0.966 bits per heavy atom. The number of hydrogen-bond donors (Lipinski definition) is 2. The summed E-state index contributed by atoms with van der Waals surface area (Å²) in [4.78, 5) is 2.36. The number of aliphatic hydroxyl groups is 2. The topological polar surface area (TPSA) is 61.5 Å². The second kappa shape index (κ2) is 8.91. The number of rotatable bonds is 7. The lowest BCUT2D eigenvalue weighted by molar-refractivity contribution is -0.0768. The van der Waals surface area contributed by atoms with Crippen LogP contribution in [0.25, 0.3) is 0 Å². The van der Waals surface area contributed by atoms with E-state index >= 15 is 0 Å². The van der Waals surface area contributed by atoms with Gasteiger partial charge < -0.3 is 10.2 Å². The van der Waals surface area contributed by atoms with E-state index in [0.29, 0.717) is 19.4 Å². The number of hydrogen-bond acceptors (Lipinski definition) is 4. The summed E-state index contributed by atoms with van der Waals surface area (Å²) >= 11 is 0. The molecule has 152 valence electrons. The van der Waals surface area contributed by atoms with Crippen LogP contribution in [0.2, 0.25) is 0 Å². The molecule has 1 aromatic heterocycles. The first-order chi connectivity index (χ1) is 14.2. The Balaban J connectivity index is 1.46. The summed E-state index contributed by atoms with van der Waals surface area (Å²) in [6, 6.07) is 20.7. The van der Waals surface area contributed by atoms with Crippen LogP contribution >= 0.6 is 0 Å². The smallest absolute Gasteiger partial charge is 0.0659 e. The van der Waals surface area contributed by atoms with Gasteiger partial charge >= 0.3 is 0 Å². The summed E-state index contributed by atoms with van der Waals surface area (Å²) in [6.45, 7) is 3.08. The van der Waals surface area contributed by atoms with Crippen LogP contribution in [0.3, 0.4) is 0 Å². The minimum atomic E-state index is -0.522. The monoisotopic (exact) mass is 391 g/mol. The molecule has 3 aromatic rings. The van der Waals surface area contributed by atoms with Crippen molar-refractivity contribution in [2.75, 3.05) is 19.7 Å². The third-order valence-corrected chi connectivity index (χ3v) is 5.98. The molecule has 0 aliphatic carbocycles. The Labute approximate surface area is 172 Å². The minimum Gasteiger partial charge on any atom is -0.396 e. The molecule has 0 radical (unpaired) electrons. The van der Waals surface area contributed by atoms with Crippen molar-refractivity contribution in [1.29, 1.82) is 0 Å². The second-order valence-corrected chi connectivity index (χ2v) is 8.22. The Hall–Kier alpha value is -2.47. The zero-order valence-corrected chi connectivity index (χ0v) is 16.7. The third-order valence-electron chi connectivity index (χ3n) is 5.98. The van der Waals surface area contributed by atoms with Crippen molar-refractivity contribution in [1.82, 2.24) is 14.7 Å². The lowest BCUT2D eigenvalue weighted by atomic mass is 9.73. The van der Waals surface area contributed by atoms with Crippen LogP contribution in [-0.2, 0) is 19.5 Å². The number of nitrogens with zero attached hydrogens (tertiary/aromatic N) is 3. The quantitative estimate of drug-likeness (QED) is 0.650. The standard InChI is InChI=1S/C24H29N3O2/c28-19-24(15-20-6-2-1-3-7-20)18-26(13-10-23(24)29)16-21-8-4-9-22(14-21)17-27-12-5-11-25-27/h1-9,11-12,14,23,28-29H,10,13,15-19H2/t23-,24+/m0/s1. The zero-order valence-electron chi connectivity index (χ0n) is 16.7. The van der Waals surface area contributed by atoms with Crippen LogP contribution in [0, 0.1) is 5.41 Å². The highest BCUT2D eigenvalue weighted by Crippen LogP contribution is 2.34. The Morgan fingerprint density at radius 3 is 2.45 bits per heavy atom. The highest BCUT2D eigenvalue weighted by atomic mass is 16.3. The van der Waals surface area contributed by atoms with Gasteiger partial charge in [0.1, 0.15) is 0 Å². The fourth-order valence-corrected chi connectivity index (χ4v) is 4.43. The molecule has 2 aromatic carbocycles. The molecule has 0 amide bonds. The van der Waals surface area contributed by atoms with Gasteiger partial charge in [0, 0.05) is 37.4 Å². The molecule has 5 nitrogen and oxygen atoms in total. The van der Waals surface area contributed by atoms with Crippen molar-refractivity contribution in [3.05, 3.63) is 89.7 Å². The summed E-state index contributed by atoms with van der Waals surface area (Å²) < 4.78 is 1.92. The molecule has 0 unspecified atom stereocenters. The first-order valence-electron chi connectivity index (χ1n) is 10.3. The van der Waals surface area contributed by atoms with Crippen molar-refractivity contribution in [2.24, 2.45) is 5.41 Å². The van der Waals surface area contributed by atoms with E-state index < -0.39 is 11.5 Å². The predicted molar refractivity (Wildman–Crippen MR) is 113 cm³/mol. The molecule has 1 fully saturated rings. The SMILES string of the molecule is OC[C@@]1(Cc2ccccc2)CN(Cc2cccc(Cn3cccn3)c2)CC[C@@H]1O. The maximum absolute atomic E-state index is 10.8. The van der Waals surface area contributed by atoms with E-state index in [1.807, 2.05) is 35.1 Å². The first-order valence-corrected chi connectivity index (χ1v) is 10.3. The van der Waals surface area contributed by atoms with Crippen LogP contribution in [0.5, 0.6) is 0 Å². The van der Waals surface area contributed by atoms with Crippen LogP contribution in [-0.4, -0.2) is 50.7 Å². The summed E-state index contributed by atoms with van der Waals surface area (Å²) in [5.74, 6) is 0. The lowest BCUT2D eigenvalue weighted by Crippen LogP contribution is -2.54. The molecule has 5 heteroatoms. The lowest BCUT2D eigenvalue weighted by Gasteiger charge is -2.45. The van der Waals surface area contributed by atoms with Gasteiger partial charge in [-0.1, -0.05) is 54.6 Å². The number of aromatic nitrogens is 2. The molecule has 4 rings (SSSR count). The zero-order chi connectivity index (χ0) is 20.1. The van der Waals surface area contributed by atoms with Crippen LogP contribution < -0.4 is 0 Å². The Kier molecular flexibility index (Phi) is 6.09. The molecule has 2 N–H and O–H groups in total. The molecule has 1 saturated heterocycles. The van der Waals surface area contributed by atoms with Crippen molar-refractivity contribution in [2.45, 2.75) is 32.0 Å². The van der Waals surface area contributed by atoms with Crippen LogP contribution in [0.15, 0.2) is 73.1 Å². The molecule has 2 atom stereocenters. The van der Waals surface area contributed by atoms with E-state index in [1.165, 1.54) is 11.1 Å². The number of likely N-dealkylation sites (tertiary alicyclic amines) is 1. The Bertz CT molecular complexity index is 898. The van der Waals surface area contributed by atoms with E-state index in [9.17, 15) is 10.2 Å². The molecule has 0 bridgehead atoms. The van der Waals surface area contributed by atoms with Crippen LogP contribution in [0.1, 0.15) is 23.1 Å². The third kappa shape index (κ3) is 4.75. The fourth-order valence-electron chi connectivity index (χ4n) is 4.43. The number of piperidine rings is 1. The molecule has 2 heterocycles. The van der Waals surface area contributed by atoms with Crippen molar-refractivity contribution >= 4 is 0 Å². The second-order valence-electron chi connectivity index (χ2n) is 8.22. The van der Waals surface area contributed by atoms with Gasteiger partial charge in [-0.15, -0.1) is 0 Å². The predicted octanol–water partition coefficient (Wildman–Crippen LogP) is 2.72. The first kappa shape index (κ1) is 19.8. The minimum absolute atomic E-state index is 0.0150. The largest absolute Gasteiger partial charge is 0.396 e. The summed E-state index contributed by atoms with van der Waals surface area (Å²) in [6.07, 6.45) is 4.64. The van der Waals surface area contributed by atoms with Gasteiger partial charge in [0.2, 0.25) is 0 Å². The summed E-state index contributed by atoms with van der Waals surface area (Å²) in [7, 11) is 0. The molecule has 0 spiro atoms. The van der Waals surface area contributed by atoms with Gasteiger partial charge in [-0.3, -0.25) is 9.58 Å². The fraction of sp³-hybridized carbons (Fsp3) is 0.375. The molecule has 1 aliphatic rings. The van der Waals surface area contributed by atoms with E-state index in [-0.39, 0.29) is 6.61 Å². The van der Waals surface area contributed by atoms with Gasteiger partial charge in [0.15, 0.2) is 0 Å². The maximum atomic E-state index is 10.8. The number of aliphatic hydroxyl groups excluding tert-OH is 2. The highest BCUT2D eigenvalue weighted by Gasteiger charge is 2.42. The Morgan fingerprint density at radius 2 is 1.72 bits per heavy atom. The van der Waals surface area contributed by atoms with E-state index in [1.54, 1.807) is 6.20 Å². The molecular weight excluding hydrogens is 362 g/mol. The molecule has 29 heavy (non-hydrogen) atoms. The highest BCUT2D eigenvalue weighted by molar-refractivity contribution is 5.24. The average molecular weight is 392 g/mol. The van der Waals surface area contributed by atoms with E-state index in [2.05, 4.69) is 46.4 Å². The maximum Gasteiger partial charge on any atom is 0.0659 e. The van der Waals surface area contributed by atoms with Crippen LogP contribution in [0.4, 0.5) is 0 Å². The van der Waals surface area contributed by atoms with Crippen molar-refractivity contribution < 1.29 is 10.2 Å². The van der Waals surface area contributed by atoms with E-state index in [0.717, 1.165) is 25.2 Å². The molecule has 1 aliphatic heterocycles. The van der Waals surface area contributed by atoms with Crippen molar-refractivity contribution in [3.63, 3.8) is 0 Å². The van der Waals surface area contributed by atoms with Gasteiger partial charge in [0.05, 0.1) is 19.3 Å². The summed E-state index contributed by atoms with van der Waals surface area (Å²) in [5.41, 5.74) is 3.11. The molecule has 0 saturated carbocycles.